The Balaban J connectivity index is 1.78. The smallest absolute Gasteiger partial charge is 0.410 e. The Morgan fingerprint density at radius 3 is 2.32 bits per heavy atom. The van der Waals surface area contributed by atoms with Crippen LogP contribution in [0.25, 0.3) is 0 Å². The number of hydrogen-bond acceptors (Lipinski definition) is 4. The van der Waals surface area contributed by atoms with Crippen LogP contribution in [0.1, 0.15) is 53.4 Å². The third-order valence-electron chi connectivity index (χ3n) is 4.76. The van der Waals surface area contributed by atoms with E-state index in [-0.39, 0.29) is 29.9 Å². The summed E-state index contributed by atoms with van der Waals surface area (Å²) in [6.07, 6.45) is 2.72. The number of ether oxygens (including phenoxy) is 1. The highest BCUT2D eigenvalue weighted by molar-refractivity contribution is 5.78. The third-order valence-corrected chi connectivity index (χ3v) is 4.76. The normalized spacial score (nSPS) is 22.7. The molecular formula is C18H31N3O4. The molecule has 0 aromatic heterocycles. The molecule has 142 valence electrons. The van der Waals surface area contributed by atoms with E-state index in [1.807, 2.05) is 25.7 Å². The summed E-state index contributed by atoms with van der Waals surface area (Å²) in [4.78, 5) is 39.3. The Bertz CT molecular complexity index is 507. The van der Waals surface area contributed by atoms with Crippen LogP contribution in [0.15, 0.2) is 0 Å². The first-order valence-electron chi connectivity index (χ1n) is 9.17. The van der Waals surface area contributed by atoms with Crippen LogP contribution >= 0.6 is 0 Å². The van der Waals surface area contributed by atoms with Gasteiger partial charge in [-0.2, -0.15) is 0 Å². The molecule has 2 saturated heterocycles. The molecule has 0 radical (unpaired) electrons. The maximum atomic E-state index is 12.5. The van der Waals surface area contributed by atoms with Crippen molar-refractivity contribution < 1.29 is 19.1 Å². The van der Waals surface area contributed by atoms with Crippen molar-refractivity contribution in [1.29, 1.82) is 0 Å². The van der Waals surface area contributed by atoms with Gasteiger partial charge in [-0.3, -0.25) is 9.59 Å². The summed E-state index contributed by atoms with van der Waals surface area (Å²) in [5.74, 6) is 0.344. The van der Waals surface area contributed by atoms with Crippen molar-refractivity contribution >= 4 is 17.9 Å². The zero-order chi connectivity index (χ0) is 18.6. The minimum atomic E-state index is -0.486. The van der Waals surface area contributed by atoms with Crippen LogP contribution in [0.2, 0.25) is 0 Å². The Hall–Kier alpha value is -1.79. The minimum Gasteiger partial charge on any atom is -0.444 e. The van der Waals surface area contributed by atoms with Gasteiger partial charge >= 0.3 is 6.09 Å². The first kappa shape index (κ1) is 19.5. The molecule has 1 unspecified atom stereocenters. The molecule has 25 heavy (non-hydrogen) atoms. The quantitative estimate of drug-likeness (QED) is 0.838. The van der Waals surface area contributed by atoms with Gasteiger partial charge in [0.05, 0.1) is 0 Å². The van der Waals surface area contributed by atoms with Crippen LogP contribution in [0, 0.1) is 5.92 Å². The van der Waals surface area contributed by atoms with Crippen molar-refractivity contribution in [2.75, 3.05) is 26.2 Å². The van der Waals surface area contributed by atoms with E-state index in [4.69, 9.17) is 4.74 Å². The van der Waals surface area contributed by atoms with Crippen molar-refractivity contribution in [3.8, 4) is 0 Å². The van der Waals surface area contributed by atoms with Crippen molar-refractivity contribution in [2.24, 2.45) is 5.92 Å². The van der Waals surface area contributed by atoms with Crippen molar-refractivity contribution in [2.45, 2.75) is 65.0 Å². The molecule has 2 aliphatic rings. The van der Waals surface area contributed by atoms with Crippen molar-refractivity contribution in [3.63, 3.8) is 0 Å². The molecule has 0 aromatic carbocycles. The van der Waals surface area contributed by atoms with Gasteiger partial charge in [0, 0.05) is 45.6 Å². The van der Waals surface area contributed by atoms with E-state index < -0.39 is 5.60 Å². The molecule has 0 saturated carbocycles. The molecule has 3 amide bonds. The summed E-state index contributed by atoms with van der Waals surface area (Å²) in [6.45, 7) is 9.64. The largest absolute Gasteiger partial charge is 0.444 e. The first-order chi connectivity index (χ1) is 11.7. The van der Waals surface area contributed by atoms with E-state index in [1.165, 1.54) is 6.92 Å². The standard InChI is InChI=1S/C18H31N3O4/c1-13(22)19-12-14-5-10-21(16(23)11-14)15-6-8-20(9-7-15)17(24)25-18(2,3)4/h14-15H,5-12H2,1-4H3,(H,19,22). The van der Waals surface area contributed by atoms with E-state index in [2.05, 4.69) is 5.32 Å². The summed E-state index contributed by atoms with van der Waals surface area (Å²) in [5, 5.41) is 2.80. The number of likely N-dealkylation sites (tertiary alicyclic amines) is 2. The number of amides is 3. The lowest BCUT2D eigenvalue weighted by Crippen LogP contribution is -2.52. The second-order valence-electron chi connectivity index (χ2n) is 8.08. The number of hydrogen-bond donors (Lipinski definition) is 1. The van der Waals surface area contributed by atoms with E-state index in [9.17, 15) is 14.4 Å². The van der Waals surface area contributed by atoms with Crippen molar-refractivity contribution in [3.05, 3.63) is 0 Å². The Kier molecular flexibility index (Phi) is 6.30. The van der Waals surface area contributed by atoms with E-state index in [1.54, 1.807) is 4.90 Å². The molecule has 0 aliphatic carbocycles. The maximum Gasteiger partial charge on any atom is 0.410 e. The zero-order valence-corrected chi connectivity index (χ0v) is 15.8. The molecule has 2 aliphatic heterocycles. The number of piperidine rings is 2. The average molecular weight is 353 g/mol. The monoisotopic (exact) mass is 353 g/mol. The van der Waals surface area contributed by atoms with Crippen LogP contribution in [-0.4, -0.2) is 65.5 Å². The predicted octanol–water partition coefficient (Wildman–Crippen LogP) is 1.76. The Labute approximate surface area is 150 Å². The number of carbonyl (C=O) groups excluding carboxylic acids is 3. The molecule has 2 fully saturated rings. The van der Waals surface area contributed by atoms with Gasteiger partial charge in [0.1, 0.15) is 5.60 Å². The molecule has 0 bridgehead atoms. The summed E-state index contributed by atoms with van der Waals surface area (Å²) in [7, 11) is 0. The van der Waals surface area contributed by atoms with Gasteiger partial charge in [-0.1, -0.05) is 0 Å². The van der Waals surface area contributed by atoms with Gasteiger partial charge in [-0.25, -0.2) is 4.79 Å². The van der Waals surface area contributed by atoms with Gasteiger partial charge in [-0.15, -0.1) is 0 Å². The summed E-state index contributed by atoms with van der Waals surface area (Å²) >= 11 is 0. The minimum absolute atomic E-state index is 0.0515. The predicted molar refractivity (Wildman–Crippen MR) is 93.9 cm³/mol. The van der Waals surface area contributed by atoms with Crippen LogP contribution in [0.5, 0.6) is 0 Å². The lowest BCUT2D eigenvalue weighted by Gasteiger charge is -2.41. The lowest BCUT2D eigenvalue weighted by molar-refractivity contribution is -0.139. The number of nitrogens with one attached hydrogen (secondary N) is 1. The molecular weight excluding hydrogens is 322 g/mol. The topological polar surface area (TPSA) is 79.0 Å². The lowest BCUT2D eigenvalue weighted by atomic mass is 9.93. The molecule has 0 spiro atoms. The highest BCUT2D eigenvalue weighted by Crippen LogP contribution is 2.25. The summed E-state index contributed by atoms with van der Waals surface area (Å²) in [5.41, 5.74) is -0.486. The van der Waals surface area contributed by atoms with Gasteiger partial charge in [-0.05, 0) is 46.0 Å². The fourth-order valence-electron chi connectivity index (χ4n) is 3.45. The Morgan fingerprint density at radius 2 is 1.80 bits per heavy atom. The molecule has 7 nitrogen and oxygen atoms in total. The molecule has 7 heteroatoms. The molecule has 2 heterocycles. The number of nitrogens with zero attached hydrogens (tertiary/aromatic N) is 2. The molecule has 2 rings (SSSR count). The maximum absolute atomic E-state index is 12.5. The fraction of sp³-hybridized carbons (Fsp3) is 0.833. The van der Waals surface area contributed by atoms with Crippen molar-refractivity contribution in [1.82, 2.24) is 15.1 Å². The number of carbonyl (C=O) groups is 3. The van der Waals surface area contributed by atoms with E-state index >= 15 is 0 Å². The summed E-state index contributed by atoms with van der Waals surface area (Å²) in [6, 6.07) is 0.202. The second kappa shape index (κ2) is 8.06. The van der Waals surface area contributed by atoms with Crippen LogP contribution in [0.3, 0.4) is 0 Å². The molecule has 1 N–H and O–H groups in total. The van der Waals surface area contributed by atoms with Crippen LogP contribution in [0.4, 0.5) is 4.79 Å². The van der Waals surface area contributed by atoms with Gasteiger partial charge < -0.3 is 19.9 Å². The van der Waals surface area contributed by atoms with Gasteiger partial charge in [0.25, 0.3) is 0 Å². The third kappa shape index (κ3) is 5.90. The highest BCUT2D eigenvalue weighted by atomic mass is 16.6. The first-order valence-corrected chi connectivity index (χ1v) is 9.17. The molecule has 0 aromatic rings. The zero-order valence-electron chi connectivity index (χ0n) is 15.8. The number of rotatable bonds is 3. The van der Waals surface area contributed by atoms with E-state index in [0.717, 1.165) is 25.8 Å². The van der Waals surface area contributed by atoms with Gasteiger partial charge in [0.2, 0.25) is 11.8 Å². The molecule has 1 atom stereocenters. The second-order valence-corrected chi connectivity index (χ2v) is 8.08. The summed E-state index contributed by atoms with van der Waals surface area (Å²) < 4.78 is 5.41. The van der Waals surface area contributed by atoms with Gasteiger partial charge in [0.15, 0.2) is 0 Å². The SMILES string of the molecule is CC(=O)NCC1CCN(C2CCN(C(=O)OC(C)(C)C)CC2)C(=O)C1. The van der Waals surface area contributed by atoms with Crippen LogP contribution < -0.4 is 5.32 Å². The highest BCUT2D eigenvalue weighted by Gasteiger charge is 2.34. The van der Waals surface area contributed by atoms with E-state index in [0.29, 0.717) is 26.1 Å². The van der Waals surface area contributed by atoms with Crippen LogP contribution in [-0.2, 0) is 14.3 Å². The average Bonchev–Trinajstić information content (AvgIpc) is 2.51. The Morgan fingerprint density at radius 1 is 1.16 bits per heavy atom. The fourth-order valence-corrected chi connectivity index (χ4v) is 3.45.